The number of hydrazine groups is 1. The number of carbonyl (C=O) groups is 3. The van der Waals surface area contributed by atoms with Crippen molar-refractivity contribution in [3.63, 3.8) is 0 Å². The van der Waals surface area contributed by atoms with Gasteiger partial charge in [0.2, 0.25) is 0 Å². The maximum Gasteiger partial charge on any atom is 0.413 e. The van der Waals surface area contributed by atoms with Crippen molar-refractivity contribution in [2.45, 2.75) is 68.9 Å². The van der Waals surface area contributed by atoms with Crippen LogP contribution in [-0.2, 0) is 21.4 Å². The molecule has 4 atom stereocenters. The van der Waals surface area contributed by atoms with Crippen molar-refractivity contribution in [1.29, 1.82) is 0 Å². The molecule has 5 aliphatic rings. The first kappa shape index (κ1) is 24.4. The molecule has 1 spiro atoms. The summed E-state index contributed by atoms with van der Waals surface area (Å²) in [5, 5.41) is 4.48. The third kappa shape index (κ3) is 4.12. The van der Waals surface area contributed by atoms with Crippen molar-refractivity contribution >= 4 is 17.8 Å². The molecule has 0 radical (unpaired) electrons. The van der Waals surface area contributed by atoms with E-state index in [1.807, 2.05) is 17.2 Å². The highest BCUT2D eigenvalue weighted by Crippen LogP contribution is 2.63. The molecule has 9 heteroatoms. The summed E-state index contributed by atoms with van der Waals surface area (Å²) in [7, 11) is 0. The molecule has 2 unspecified atom stereocenters. The number of rotatable bonds is 6. The summed E-state index contributed by atoms with van der Waals surface area (Å²) in [5.74, 6) is 1.02. The van der Waals surface area contributed by atoms with E-state index in [4.69, 9.17) is 9.47 Å². The van der Waals surface area contributed by atoms with Gasteiger partial charge in [-0.25, -0.2) is 9.80 Å². The van der Waals surface area contributed by atoms with Crippen LogP contribution in [0.25, 0.3) is 0 Å². The first-order valence-corrected chi connectivity index (χ1v) is 13.7. The zero-order valence-corrected chi connectivity index (χ0v) is 21.3. The third-order valence-electron chi connectivity index (χ3n) is 9.06. The summed E-state index contributed by atoms with van der Waals surface area (Å²) in [6.45, 7) is 7.13. The molecule has 2 aliphatic carbocycles. The van der Waals surface area contributed by atoms with Crippen LogP contribution in [0.15, 0.2) is 24.8 Å². The smallest absolute Gasteiger partial charge is 0.413 e. The van der Waals surface area contributed by atoms with Crippen molar-refractivity contribution in [1.82, 2.24) is 20.7 Å². The van der Waals surface area contributed by atoms with Crippen molar-refractivity contribution in [3.05, 3.63) is 35.9 Å². The Bertz CT molecular complexity index is 1110. The highest BCUT2D eigenvalue weighted by Gasteiger charge is 2.65. The zero-order valence-electron chi connectivity index (χ0n) is 21.3. The Morgan fingerprint density at radius 1 is 1.19 bits per heavy atom. The molecule has 2 bridgehead atoms. The maximum absolute atomic E-state index is 13.1. The van der Waals surface area contributed by atoms with Gasteiger partial charge in [0.15, 0.2) is 23.4 Å². The second-order valence-corrected chi connectivity index (χ2v) is 11.1. The molecule has 1 aromatic carbocycles. The number of benzene rings is 1. The molecule has 0 aromatic heterocycles. The Labute approximate surface area is 217 Å². The Hall–Kier alpha value is -2.91. The van der Waals surface area contributed by atoms with Crippen LogP contribution >= 0.6 is 0 Å². The summed E-state index contributed by atoms with van der Waals surface area (Å²) in [6.07, 6.45) is 8.26. The van der Waals surface area contributed by atoms with Crippen LogP contribution in [-0.4, -0.2) is 72.6 Å². The van der Waals surface area contributed by atoms with Crippen molar-refractivity contribution < 1.29 is 23.9 Å². The molecule has 9 nitrogen and oxygen atoms in total. The molecule has 3 aliphatic heterocycles. The van der Waals surface area contributed by atoms with E-state index in [2.05, 4.69) is 22.2 Å². The number of likely N-dealkylation sites (tertiary alicyclic amines) is 1. The van der Waals surface area contributed by atoms with Crippen molar-refractivity contribution in [2.75, 3.05) is 32.7 Å². The van der Waals surface area contributed by atoms with E-state index < -0.39 is 12.2 Å². The standard InChI is InChI=1S/C28H36N4O5/c1-2-12-31-15-11-28-19-8-9-21(33)26(28)37-25-22(10-7-18(24(25)28)16-20(19)31)36-27(35)29-17-23(34)30-32-13-5-3-4-6-14-32/h2,7,10,19-20,26H,1,3-6,8-9,11-17H2,(H,29,35)(H,30,34)/t19?,20?,26-,28-/m0/s1. The third-order valence-corrected chi connectivity index (χ3v) is 9.06. The predicted octanol–water partition coefficient (Wildman–Crippen LogP) is 2.48. The molecular formula is C28H36N4O5. The zero-order chi connectivity index (χ0) is 25.6. The second-order valence-electron chi connectivity index (χ2n) is 11.1. The number of nitrogens with zero attached hydrogens (tertiary/aromatic N) is 2. The lowest BCUT2D eigenvalue weighted by Crippen LogP contribution is -2.66. The monoisotopic (exact) mass is 508 g/mol. The first-order valence-electron chi connectivity index (χ1n) is 13.7. The quantitative estimate of drug-likeness (QED) is 0.570. The highest BCUT2D eigenvalue weighted by molar-refractivity contribution is 5.89. The van der Waals surface area contributed by atoms with Gasteiger partial charge in [-0.15, -0.1) is 6.58 Å². The minimum absolute atomic E-state index is 0.136. The summed E-state index contributed by atoms with van der Waals surface area (Å²) >= 11 is 0. The van der Waals surface area contributed by atoms with Crippen LogP contribution in [0.1, 0.15) is 56.1 Å². The molecule has 198 valence electrons. The normalized spacial score (nSPS) is 30.5. The van der Waals surface area contributed by atoms with Gasteiger partial charge in [-0.1, -0.05) is 25.0 Å². The summed E-state index contributed by atoms with van der Waals surface area (Å²) in [6, 6.07) is 4.13. The number of carbonyl (C=O) groups excluding carboxylic acids is 3. The summed E-state index contributed by atoms with van der Waals surface area (Å²) < 4.78 is 12.0. The average molecular weight is 509 g/mol. The molecule has 2 amide bonds. The fraction of sp³-hybridized carbons (Fsp3) is 0.607. The lowest BCUT2D eigenvalue weighted by Gasteiger charge is -2.57. The molecule has 3 fully saturated rings. The van der Waals surface area contributed by atoms with Gasteiger partial charge in [0.25, 0.3) is 5.91 Å². The van der Waals surface area contributed by atoms with Gasteiger partial charge in [0.1, 0.15) is 6.54 Å². The molecule has 3 heterocycles. The van der Waals surface area contributed by atoms with Crippen molar-refractivity contribution in [2.24, 2.45) is 5.92 Å². The van der Waals surface area contributed by atoms with Gasteiger partial charge >= 0.3 is 6.09 Å². The summed E-state index contributed by atoms with van der Waals surface area (Å²) in [4.78, 5) is 40.6. The average Bonchev–Trinajstić information content (AvgIpc) is 3.03. The molecule has 37 heavy (non-hydrogen) atoms. The molecule has 1 saturated carbocycles. The van der Waals surface area contributed by atoms with E-state index in [9.17, 15) is 14.4 Å². The van der Waals surface area contributed by atoms with E-state index in [0.29, 0.717) is 29.9 Å². The number of hydrogen-bond acceptors (Lipinski definition) is 7. The second kappa shape index (κ2) is 9.76. The van der Waals surface area contributed by atoms with Crippen LogP contribution in [0.5, 0.6) is 11.5 Å². The van der Waals surface area contributed by atoms with Gasteiger partial charge in [-0.2, -0.15) is 0 Å². The Morgan fingerprint density at radius 2 is 2.00 bits per heavy atom. The fourth-order valence-electron chi connectivity index (χ4n) is 7.56. The van der Waals surface area contributed by atoms with E-state index in [1.165, 1.54) is 18.4 Å². The number of Topliss-reactive ketones (excluding diaryl/α,β-unsaturated/α-hetero) is 1. The fourth-order valence-corrected chi connectivity index (χ4v) is 7.56. The molecule has 2 N–H and O–H groups in total. The molecular weight excluding hydrogens is 472 g/mol. The van der Waals surface area contributed by atoms with E-state index in [1.54, 1.807) is 6.07 Å². The van der Waals surface area contributed by atoms with E-state index >= 15 is 0 Å². The Balaban J connectivity index is 1.19. The van der Waals surface area contributed by atoms with Gasteiger partial charge in [-0.3, -0.25) is 19.9 Å². The summed E-state index contributed by atoms with van der Waals surface area (Å²) in [5.41, 5.74) is 4.75. The number of nitrogens with one attached hydrogen (secondary N) is 2. The predicted molar refractivity (Wildman–Crippen MR) is 136 cm³/mol. The number of hydrogen-bond donors (Lipinski definition) is 2. The maximum atomic E-state index is 13.1. The van der Waals surface area contributed by atoms with E-state index in [0.717, 1.165) is 63.8 Å². The van der Waals surface area contributed by atoms with Gasteiger partial charge in [-0.05, 0) is 56.2 Å². The largest absolute Gasteiger partial charge is 0.477 e. The van der Waals surface area contributed by atoms with Gasteiger partial charge < -0.3 is 14.8 Å². The lowest BCUT2D eigenvalue weighted by molar-refractivity contribution is -0.138. The van der Waals surface area contributed by atoms with E-state index in [-0.39, 0.29) is 23.7 Å². The SMILES string of the molecule is C=CCN1CC[C@]23c4c5ccc(OC(=O)NCC(=O)NN6CCCCCC6)c4O[C@H]2C(=O)CCC3C1C5. The molecule has 2 saturated heterocycles. The number of amides is 2. The van der Waals surface area contributed by atoms with Crippen LogP contribution < -0.4 is 20.2 Å². The minimum atomic E-state index is -0.712. The minimum Gasteiger partial charge on any atom is -0.477 e. The van der Waals surface area contributed by atoms with Crippen molar-refractivity contribution in [3.8, 4) is 11.5 Å². The van der Waals surface area contributed by atoms with Gasteiger partial charge in [0, 0.05) is 43.1 Å². The van der Waals surface area contributed by atoms with Crippen LogP contribution in [0.3, 0.4) is 0 Å². The Morgan fingerprint density at radius 3 is 2.78 bits per heavy atom. The Kier molecular flexibility index (Phi) is 6.44. The number of piperidine rings is 1. The van der Waals surface area contributed by atoms with Crippen LogP contribution in [0, 0.1) is 5.92 Å². The van der Waals surface area contributed by atoms with Crippen LogP contribution in [0.2, 0.25) is 0 Å². The number of ketones is 1. The molecule has 1 aromatic rings. The topological polar surface area (TPSA) is 100 Å². The van der Waals surface area contributed by atoms with Gasteiger partial charge in [0.05, 0.1) is 0 Å². The number of ether oxygens (including phenoxy) is 2. The first-order chi connectivity index (χ1) is 18.0. The highest BCUT2D eigenvalue weighted by atomic mass is 16.6. The lowest BCUT2D eigenvalue weighted by atomic mass is 9.51. The van der Waals surface area contributed by atoms with Crippen LogP contribution in [0.4, 0.5) is 4.79 Å². The molecule has 6 rings (SSSR count).